The van der Waals surface area contributed by atoms with E-state index in [0.717, 1.165) is 22.6 Å². The molecular formula is C23H21N3O5. The maximum atomic E-state index is 11.9. The average molecular weight is 419 g/mol. The first-order valence-electron chi connectivity index (χ1n) is 9.64. The van der Waals surface area contributed by atoms with Gasteiger partial charge in [0, 0.05) is 11.1 Å². The Morgan fingerprint density at radius 1 is 0.968 bits per heavy atom. The summed E-state index contributed by atoms with van der Waals surface area (Å²) in [5.41, 5.74) is 1.57. The predicted octanol–water partition coefficient (Wildman–Crippen LogP) is 4.01. The second-order valence-corrected chi connectivity index (χ2v) is 6.75. The van der Waals surface area contributed by atoms with E-state index in [1.54, 1.807) is 31.4 Å². The van der Waals surface area contributed by atoms with Gasteiger partial charge < -0.3 is 23.7 Å². The summed E-state index contributed by atoms with van der Waals surface area (Å²) < 4.78 is 21.5. The van der Waals surface area contributed by atoms with Crippen LogP contribution < -0.4 is 14.8 Å². The summed E-state index contributed by atoms with van der Waals surface area (Å²) in [7, 11) is 1.61. The Morgan fingerprint density at radius 2 is 1.68 bits per heavy atom. The van der Waals surface area contributed by atoms with E-state index in [0.29, 0.717) is 29.8 Å². The van der Waals surface area contributed by atoms with E-state index in [1.165, 1.54) is 0 Å². The zero-order valence-electron chi connectivity index (χ0n) is 17.1. The number of furan rings is 1. The number of nitrogens with zero attached hydrogens (tertiary/aromatic N) is 2. The van der Waals surface area contributed by atoms with Crippen molar-refractivity contribution in [3.8, 4) is 34.3 Å². The number of carbonyl (C=O) groups is 1. The van der Waals surface area contributed by atoms with Crippen molar-refractivity contribution in [3.05, 3.63) is 72.2 Å². The molecular weight excluding hydrogens is 398 g/mol. The third-order valence-electron chi connectivity index (χ3n) is 4.50. The lowest BCUT2D eigenvalue weighted by molar-refractivity contribution is -0.123. The molecule has 2 heterocycles. The zero-order chi connectivity index (χ0) is 21.6. The van der Waals surface area contributed by atoms with Crippen molar-refractivity contribution in [3.63, 3.8) is 0 Å². The number of nitrogens with one attached hydrogen (secondary N) is 1. The quantitative estimate of drug-likeness (QED) is 0.461. The molecule has 0 spiro atoms. The molecule has 0 unspecified atom stereocenters. The fourth-order valence-corrected chi connectivity index (χ4v) is 2.86. The SMILES string of the molecule is COc1ccc(-c2noc(-c3ccc(OCC(=O)NCc4ccc(C)o4)cc3)n2)cc1. The zero-order valence-corrected chi connectivity index (χ0v) is 17.1. The summed E-state index contributed by atoms with van der Waals surface area (Å²) in [4.78, 5) is 16.4. The molecule has 1 amide bonds. The Morgan fingerprint density at radius 3 is 2.35 bits per heavy atom. The van der Waals surface area contributed by atoms with E-state index in [4.69, 9.17) is 18.4 Å². The topological polar surface area (TPSA) is 99.6 Å². The first-order chi connectivity index (χ1) is 15.1. The maximum absolute atomic E-state index is 11.9. The monoisotopic (exact) mass is 419 g/mol. The van der Waals surface area contributed by atoms with Crippen LogP contribution in [-0.4, -0.2) is 29.8 Å². The molecule has 0 aliphatic heterocycles. The molecule has 4 aromatic rings. The van der Waals surface area contributed by atoms with Crippen LogP contribution in [-0.2, 0) is 11.3 Å². The number of hydrogen-bond donors (Lipinski definition) is 1. The molecule has 0 aliphatic rings. The highest BCUT2D eigenvalue weighted by Crippen LogP contribution is 2.25. The van der Waals surface area contributed by atoms with Gasteiger partial charge in [0.25, 0.3) is 11.8 Å². The van der Waals surface area contributed by atoms with Crippen molar-refractivity contribution in [2.45, 2.75) is 13.5 Å². The van der Waals surface area contributed by atoms with Crippen molar-refractivity contribution in [1.82, 2.24) is 15.5 Å². The Hall–Kier alpha value is -4.07. The van der Waals surface area contributed by atoms with Gasteiger partial charge in [-0.15, -0.1) is 0 Å². The molecule has 0 aliphatic carbocycles. The molecule has 0 atom stereocenters. The lowest BCUT2D eigenvalue weighted by Crippen LogP contribution is -2.28. The number of rotatable bonds is 8. The molecule has 31 heavy (non-hydrogen) atoms. The highest BCUT2D eigenvalue weighted by atomic mass is 16.5. The first kappa shape index (κ1) is 20.2. The van der Waals surface area contributed by atoms with Crippen molar-refractivity contribution in [2.24, 2.45) is 0 Å². The lowest BCUT2D eigenvalue weighted by atomic mass is 10.2. The fourth-order valence-electron chi connectivity index (χ4n) is 2.86. The molecule has 0 saturated heterocycles. The van der Waals surface area contributed by atoms with Crippen LogP contribution in [0, 0.1) is 6.92 Å². The lowest BCUT2D eigenvalue weighted by Gasteiger charge is -2.07. The minimum atomic E-state index is -0.237. The van der Waals surface area contributed by atoms with Crippen LogP contribution in [0.4, 0.5) is 0 Å². The molecule has 8 heteroatoms. The van der Waals surface area contributed by atoms with Crippen molar-refractivity contribution in [2.75, 3.05) is 13.7 Å². The Labute approximate surface area is 178 Å². The van der Waals surface area contributed by atoms with E-state index in [9.17, 15) is 4.79 Å². The maximum Gasteiger partial charge on any atom is 0.258 e. The van der Waals surface area contributed by atoms with E-state index in [1.807, 2.05) is 43.3 Å². The van der Waals surface area contributed by atoms with Gasteiger partial charge in [0.15, 0.2) is 6.61 Å². The first-order valence-corrected chi connectivity index (χ1v) is 9.64. The summed E-state index contributed by atoms with van der Waals surface area (Å²) >= 11 is 0. The van der Waals surface area contributed by atoms with Gasteiger partial charge in [-0.3, -0.25) is 4.79 Å². The molecule has 158 valence electrons. The van der Waals surface area contributed by atoms with Crippen molar-refractivity contribution >= 4 is 5.91 Å². The molecule has 0 fully saturated rings. The summed E-state index contributed by atoms with van der Waals surface area (Å²) in [5.74, 6) is 3.46. The highest BCUT2D eigenvalue weighted by molar-refractivity contribution is 5.77. The van der Waals surface area contributed by atoms with Crippen LogP contribution in [0.15, 0.2) is 69.6 Å². The van der Waals surface area contributed by atoms with E-state index < -0.39 is 0 Å². The highest BCUT2D eigenvalue weighted by Gasteiger charge is 2.11. The molecule has 2 aromatic carbocycles. The molecule has 0 bridgehead atoms. The van der Waals surface area contributed by atoms with Gasteiger partial charge in [0.2, 0.25) is 5.82 Å². The summed E-state index contributed by atoms with van der Waals surface area (Å²) in [6.45, 7) is 2.08. The molecule has 4 rings (SSSR count). The number of hydrogen-bond acceptors (Lipinski definition) is 7. The number of methoxy groups -OCH3 is 1. The Balaban J connectivity index is 1.31. The van der Waals surface area contributed by atoms with Crippen LogP contribution in [0.5, 0.6) is 11.5 Å². The number of carbonyl (C=O) groups excluding carboxylic acids is 1. The summed E-state index contributed by atoms with van der Waals surface area (Å²) in [6.07, 6.45) is 0. The van der Waals surface area contributed by atoms with Gasteiger partial charge >= 0.3 is 0 Å². The van der Waals surface area contributed by atoms with Crippen molar-refractivity contribution < 1.29 is 23.2 Å². The standard InChI is InChI=1S/C23H21N3O5/c1-15-3-8-20(30-15)13-24-21(27)14-29-19-11-6-17(7-12-19)23-25-22(26-31-23)16-4-9-18(28-2)10-5-16/h3-12H,13-14H2,1-2H3,(H,24,27). The van der Waals surface area contributed by atoms with Gasteiger partial charge in [-0.1, -0.05) is 5.16 Å². The molecule has 0 saturated carbocycles. The van der Waals surface area contributed by atoms with Crippen molar-refractivity contribution in [1.29, 1.82) is 0 Å². The minimum absolute atomic E-state index is 0.0960. The third-order valence-corrected chi connectivity index (χ3v) is 4.50. The van der Waals surface area contributed by atoms with Gasteiger partial charge in [0.1, 0.15) is 23.0 Å². The van der Waals surface area contributed by atoms with Crippen LogP contribution in [0.2, 0.25) is 0 Å². The molecule has 1 N–H and O–H groups in total. The fraction of sp³-hybridized carbons (Fsp3) is 0.174. The smallest absolute Gasteiger partial charge is 0.258 e. The van der Waals surface area contributed by atoms with Gasteiger partial charge in [0.05, 0.1) is 13.7 Å². The number of benzene rings is 2. The Kier molecular flexibility index (Phi) is 5.98. The average Bonchev–Trinajstić information content (AvgIpc) is 3.46. The van der Waals surface area contributed by atoms with Crippen LogP contribution in [0.25, 0.3) is 22.8 Å². The molecule has 2 aromatic heterocycles. The Bertz CT molecular complexity index is 1150. The van der Waals surface area contributed by atoms with E-state index >= 15 is 0 Å². The van der Waals surface area contributed by atoms with Crippen LogP contribution in [0.3, 0.4) is 0 Å². The molecule has 8 nitrogen and oxygen atoms in total. The van der Waals surface area contributed by atoms with E-state index in [2.05, 4.69) is 15.5 Å². The second kappa shape index (κ2) is 9.17. The van der Waals surface area contributed by atoms with Gasteiger partial charge in [-0.25, -0.2) is 0 Å². The summed E-state index contributed by atoms with van der Waals surface area (Å²) in [5, 5.41) is 6.77. The number of aromatic nitrogens is 2. The number of ether oxygens (including phenoxy) is 2. The normalized spacial score (nSPS) is 10.6. The second-order valence-electron chi connectivity index (χ2n) is 6.75. The third kappa shape index (κ3) is 5.11. The summed E-state index contributed by atoms with van der Waals surface area (Å²) in [6, 6.07) is 18.2. The number of amides is 1. The van der Waals surface area contributed by atoms with E-state index in [-0.39, 0.29) is 12.5 Å². The van der Waals surface area contributed by atoms with Crippen LogP contribution >= 0.6 is 0 Å². The molecule has 0 radical (unpaired) electrons. The largest absolute Gasteiger partial charge is 0.497 e. The number of aryl methyl sites for hydroxylation is 1. The minimum Gasteiger partial charge on any atom is -0.497 e. The van der Waals surface area contributed by atoms with Gasteiger partial charge in [-0.05, 0) is 67.6 Å². The predicted molar refractivity (Wildman–Crippen MR) is 113 cm³/mol. The van der Waals surface area contributed by atoms with Crippen LogP contribution in [0.1, 0.15) is 11.5 Å². The van der Waals surface area contributed by atoms with Gasteiger partial charge in [-0.2, -0.15) is 4.98 Å².